The first-order valence-electron chi connectivity index (χ1n) is 6.00. The van der Waals surface area contributed by atoms with Gasteiger partial charge in [0.2, 0.25) is 0 Å². The Hall–Kier alpha value is -0.0400. The number of hydrogen-bond donors (Lipinski definition) is 0. The summed E-state index contributed by atoms with van der Waals surface area (Å²) in [5.74, 6) is 1.25. The Balaban J connectivity index is 1.64. The largest absolute Gasteiger partial charge is 0.363 e. The van der Waals surface area contributed by atoms with Crippen LogP contribution >= 0.6 is 39.0 Å². The van der Waals surface area contributed by atoms with Crippen LogP contribution in [0, 0.1) is 0 Å². The molecule has 3 nitrogen and oxygen atoms in total. The molecule has 1 spiro atoms. The van der Waals surface area contributed by atoms with Crippen molar-refractivity contribution >= 4 is 44.9 Å². The van der Waals surface area contributed by atoms with Gasteiger partial charge in [-0.15, -0.1) is 23.1 Å². The minimum absolute atomic E-state index is 0.00676. The molecular formula is C12H14BrNO2S2. The number of amides is 1. The molecule has 0 N–H and O–H groups in total. The van der Waals surface area contributed by atoms with Gasteiger partial charge in [-0.2, -0.15) is 0 Å². The molecule has 0 radical (unpaired) electrons. The Bertz CT molecular complexity index is 447. The van der Waals surface area contributed by atoms with Gasteiger partial charge in [0, 0.05) is 41.5 Å². The van der Waals surface area contributed by atoms with Crippen LogP contribution in [0.2, 0.25) is 0 Å². The van der Waals surface area contributed by atoms with E-state index >= 15 is 0 Å². The van der Waals surface area contributed by atoms with Gasteiger partial charge in [0.25, 0.3) is 5.91 Å². The first kappa shape index (κ1) is 13.0. The van der Waals surface area contributed by atoms with Gasteiger partial charge in [0.05, 0.1) is 11.5 Å². The molecule has 0 bridgehead atoms. The Kier molecular flexibility index (Phi) is 3.71. The number of thiophene rings is 1. The van der Waals surface area contributed by atoms with E-state index in [0.29, 0.717) is 0 Å². The van der Waals surface area contributed by atoms with Crippen molar-refractivity contribution in [2.45, 2.75) is 17.8 Å². The van der Waals surface area contributed by atoms with Crippen LogP contribution in [0.3, 0.4) is 0 Å². The normalized spacial score (nSPS) is 22.6. The number of carbonyl (C=O) groups excluding carboxylic acids is 1. The maximum atomic E-state index is 12.3. The molecule has 0 saturated carbocycles. The molecule has 0 atom stereocenters. The summed E-state index contributed by atoms with van der Waals surface area (Å²) in [7, 11) is 0. The zero-order valence-corrected chi connectivity index (χ0v) is 13.1. The van der Waals surface area contributed by atoms with Crippen molar-refractivity contribution in [3.63, 3.8) is 0 Å². The molecule has 3 rings (SSSR count). The molecular weight excluding hydrogens is 334 g/mol. The van der Waals surface area contributed by atoms with Crippen LogP contribution in [0.1, 0.15) is 22.5 Å². The second kappa shape index (κ2) is 5.15. The minimum Gasteiger partial charge on any atom is -0.363 e. The number of thioether (sulfide) groups is 1. The van der Waals surface area contributed by atoms with E-state index in [-0.39, 0.29) is 10.8 Å². The number of ether oxygens (including phenoxy) is 1. The van der Waals surface area contributed by atoms with E-state index in [1.807, 2.05) is 28.1 Å². The van der Waals surface area contributed by atoms with E-state index in [2.05, 4.69) is 15.9 Å². The fraction of sp³-hybridized carbons (Fsp3) is 0.583. The van der Waals surface area contributed by atoms with Crippen molar-refractivity contribution in [3.05, 3.63) is 20.8 Å². The van der Waals surface area contributed by atoms with Crippen molar-refractivity contribution in [1.82, 2.24) is 4.90 Å². The summed E-state index contributed by atoms with van der Waals surface area (Å²) in [5.41, 5.74) is 0. The van der Waals surface area contributed by atoms with Crippen molar-refractivity contribution < 1.29 is 9.53 Å². The fourth-order valence-corrected chi connectivity index (χ4v) is 4.99. The van der Waals surface area contributed by atoms with Crippen LogP contribution in [0.25, 0.3) is 0 Å². The average molecular weight is 348 g/mol. The topological polar surface area (TPSA) is 29.5 Å². The lowest BCUT2D eigenvalue weighted by molar-refractivity contribution is 0.00365. The highest BCUT2D eigenvalue weighted by molar-refractivity contribution is 9.10. The number of rotatable bonds is 1. The second-order valence-corrected chi connectivity index (χ2v) is 7.80. The summed E-state index contributed by atoms with van der Waals surface area (Å²) in [6.45, 7) is 2.47. The van der Waals surface area contributed by atoms with Crippen LogP contribution in [0.4, 0.5) is 0 Å². The maximum absolute atomic E-state index is 12.3. The quantitative estimate of drug-likeness (QED) is 0.781. The lowest BCUT2D eigenvalue weighted by Gasteiger charge is -2.37. The summed E-state index contributed by atoms with van der Waals surface area (Å²) in [4.78, 5) is 15.1. The number of halogens is 1. The van der Waals surface area contributed by atoms with Gasteiger partial charge < -0.3 is 9.64 Å². The van der Waals surface area contributed by atoms with Gasteiger partial charge in [-0.3, -0.25) is 4.79 Å². The minimum atomic E-state index is 0.00676. The van der Waals surface area contributed by atoms with E-state index in [4.69, 9.17) is 4.74 Å². The van der Waals surface area contributed by atoms with Crippen molar-refractivity contribution in [2.75, 3.05) is 25.4 Å². The lowest BCUT2D eigenvalue weighted by atomic mass is 10.1. The van der Waals surface area contributed by atoms with Crippen molar-refractivity contribution in [3.8, 4) is 0 Å². The maximum Gasteiger partial charge on any atom is 0.263 e. The highest BCUT2D eigenvalue weighted by Crippen LogP contribution is 2.41. The van der Waals surface area contributed by atoms with Crippen LogP contribution in [-0.4, -0.2) is 41.2 Å². The highest BCUT2D eigenvalue weighted by Gasteiger charge is 2.40. The van der Waals surface area contributed by atoms with Gasteiger partial charge in [-0.1, -0.05) is 0 Å². The molecule has 2 aliphatic heterocycles. The zero-order valence-electron chi connectivity index (χ0n) is 9.86. The molecule has 2 aliphatic rings. The monoisotopic (exact) mass is 347 g/mol. The molecule has 1 aromatic rings. The molecule has 98 valence electrons. The number of carbonyl (C=O) groups is 1. The lowest BCUT2D eigenvalue weighted by Crippen LogP contribution is -2.44. The molecule has 2 saturated heterocycles. The predicted octanol–water partition coefficient (Wildman–Crippen LogP) is 3.21. The molecule has 1 aromatic heterocycles. The van der Waals surface area contributed by atoms with Crippen LogP contribution in [-0.2, 0) is 4.74 Å². The van der Waals surface area contributed by atoms with Crippen molar-refractivity contribution in [1.29, 1.82) is 0 Å². The van der Waals surface area contributed by atoms with Crippen LogP contribution in [0.15, 0.2) is 15.9 Å². The van der Waals surface area contributed by atoms with E-state index < -0.39 is 0 Å². The molecule has 18 heavy (non-hydrogen) atoms. The molecule has 3 heterocycles. The summed E-state index contributed by atoms with van der Waals surface area (Å²) in [5, 5.41) is 1.95. The SMILES string of the molecule is O=C(c1cc(Br)cs1)N1CCC2(CC1)OCCS2. The van der Waals surface area contributed by atoms with Gasteiger partial charge in [0.1, 0.15) is 4.93 Å². The van der Waals surface area contributed by atoms with Crippen molar-refractivity contribution in [2.24, 2.45) is 0 Å². The highest BCUT2D eigenvalue weighted by atomic mass is 79.9. The first-order chi connectivity index (χ1) is 8.69. The Morgan fingerprint density at radius 3 is 2.78 bits per heavy atom. The Labute approximate surface area is 123 Å². The molecule has 6 heteroatoms. The van der Waals surface area contributed by atoms with Gasteiger partial charge in [-0.25, -0.2) is 0 Å². The smallest absolute Gasteiger partial charge is 0.263 e. The van der Waals surface area contributed by atoms with Gasteiger partial charge in [-0.05, 0) is 22.0 Å². The third-order valence-corrected chi connectivity index (χ3v) is 6.51. The standard InChI is InChI=1S/C12H14BrNO2S2/c13-9-7-10(17-8-9)11(15)14-3-1-12(2-4-14)16-5-6-18-12/h7-8H,1-6H2. The van der Waals surface area contributed by atoms with E-state index in [9.17, 15) is 4.79 Å². The Morgan fingerprint density at radius 1 is 1.44 bits per heavy atom. The van der Waals surface area contributed by atoms with Crippen LogP contribution < -0.4 is 0 Å². The number of likely N-dealkylation sites (tertiary alicyclic amines) is 1. The molecule has 1 amide bonds. The summed E-state index contributed by atoms with van der Waals surface area (Å²) in [6, 6.07) is 1.90. The van der Waals surface area contributed by atoms with E-state index in [0.717, 1.165) is 47.6 Å². The fourth-order valence-electron chi connectivity index (χ4n) is 2.42. The molecule has 0 aromatic carbocycles. The number of nitrogens with zero attached hydrogens (tertiary/aromatic N) is 1. The van der Waals surface area contributed by atoms with Crippen LogP contribution in [0.5, 0.6) is 0 Å². The molecule has 0 unspecified atom stereocenters. The van der Waals surface area contributed by atoms with E-state index in [1.165, 1.54) is 11.3 Å². The first-order valence-corrected chi connectivity index (χ1v) is 8.66. The second-order valence-electron chi connectivity index (χ2n) is 4.53. The van der Waals surface area contributed by atoms with Gasteiger partial charge >= 0.3 is 0 Å². The molecule has 2 fully saturated rings. The summed E-state index contributed by atoms with van der Waals surface area (Å²) >= 11 is 6.80. The van der Waals surface area contributed by atoms with Gasteiger partial charge in [0.15, 0.2) is 0 Å². The predicted molar refractivity (Wildman–Crippen MR) is 78.3 cm³/mol. The third kappa shape index (κ3) is 2.48. The third-order valence-electron chi connectivity index (χ3n) is 3.40. The average Bonchev–Trinajstić information content (AvgIpc) is 3.00. The Morgan fingerprint density at radius 2 is 2.22 bits per heavy atom. The number of hydrogen-bond acceptors (Lipinski definition) is 4. The summed E-state index contributed by atoms with van der Waals surface area (Å²) in [6.07, 6.45) is 1.91. The molecule has 0 aliphatic carbocycles. The zero-order chi connectivity index (χ0) is 12.6. The number of piperidine rings is 1. The summed E-state index contributed by atoms with van der Waals surface area (Å²) < 4.78 is 6.82. The van der Waals surface area contributed by atoms with E-state index in [1.54, 1.807) is 0 Å².